The molecule has 2 amide bonds. The van der Waals surface area contributed by atoms with Gasteiger partial charge in [-0.2, -0.15) is 0 Å². The Morgan fingerprint density at radius 1 is 1.07 bits per heavy atom. The Morgan fingerprint density at radius 2 is 1.74 bits per heavy atom. The van der Waals surface area contributed by atoms with Crippen LogP contribution in [0.3, 0.4) is 0 Å². The number of nitrogens with zero attached hydrogens (tertiary/aromatic N) is 1. The lowest BCUT2D eigenvalue weighted by Gasteiger charge is -2.28. The number of rotatable bonds is 5. The third-order valence-corrected chi connectivity index (χ3v) is 5.50. The quantitative estimate of drug-likeness (QED) is 0.824. The summed E-state index contributed by atoms with van der Waals surface area (Å²) in [6.45, 7) is 1.47. The molecule has 2 aliphatic rings. The monoisotopic (exact) mass is 375 g/mol. The minimum atomic E-state index is -0.119. The highest BCUT2D eigenvalue weighted by molar-refractivity contribution is 6.05. The van der Waals surface area contributed by atoms with Crippen molar-refractivity contribution in [2.75, 3.05) is 32.6 Å². The van der Waals surface area contributed by atoms with E-state index in [2.05, 4.69) is 5.32 Å². The first-order valence-electron chi connectivity index (χ1n) is 9.65. The Morgan fingerprint density at radius 3 is 2.33 bits per heavy atom. The van der Waals surface area contributed by atoms with Crippen molar-refractivity contribution in [1.82, 2.24) is 4.90 Å². The van der Waals surface area contributed by atoms with Gasteiger partial charge in [0.1, 0.15) is 0 Å². The minimum Gasteiger partial charge on any atom is -0.493 e. The number of amides is 2. The van der Waals surface area contributed by atoms with E-state index in [0.29, 0.717) is 29.2 Å². The Labute approximate surface area is 160 Å². The van der Waals surface area contributed by atoms with E-state index in [-0.39, 0.29) is 23.8 Å². The number of hydrogen-bond donors (Lipinski definition) is 2. The molecule has 1 heterocycles. The van der Waals surface area contributed by atoms with Gasteiger partial charge in [-0.1, -0.05) is 0 Å². The van der Waals surface area contributed by atoms with Gasteiger partial charge in [-0.3, -0.25) is 9.59 Å². The van der Waals surface area contributed by atoms with Crippen LogP contribution in [0.2, 0.25) is 0 Å². The summed E-state index contributed by atoms with van der Waals surface area (Å²) in [6.07, 6.45) is 5.44. The number of benzene rings is 1. The summed E-state index contributed by atoms with van der Waals surface area (Å²) >= 11 is 0. The number of hydrogen-bond acceptors (Lipinski definition) is 5. The van der Waals surface area contributed by atoms with E-state index in [1.807, 2.05) is 4.90 Å². The largest absolute Gasteiger partial charge is 0.493 e. The molecular weight excluding hydrogens is 346 g/mol. The van der Waals surface area contributed by atoms with Gasteiger partial charge >= 0.3 is 0 Å². The van der Waals surface area contributed by atoms with E-state index in [1.54, 1.807) is 12.1 Å². The van der Waals surface area contributed by atoms with Crippen LogP contribution in [-0.2, 0) is 4.79 Å². The molecule has 2 unspecified atom stereocenters. The summed E-state index contributed by atoms with van der Waals surface area (Å²) in [4.78, 5) is 27.6. The summed E-state index contributed by atoms with van der Waals surface area (Å²) in [5, 5.41) is 2.94. The van der Waals surface area contributed by atoms with Gasteiger partial charge in [-0.15, -0.1) is 0 Å². The average Bonchev–Trinajstić information content (AvgIpc) is 3.14. The average molecular weight is 375 g/mol. The number of nitrogens with two attached hydrogens (primary N) is 1. The van der Waals surface area contributed by atoms with Crippen LogP contribution in [0, 0.1) is 5.92 Å². The predicted octanol–water partition coefficient (Wildman–Crippen LogP) is 2.40. The number of carbonyl (C=O) groups excluding carboxylic acids is 2. The van der Waals surface area contributed by atoms with Crippen molar-refractivity contribution in [2.24, 2.45) is 11.7 Å². The number of ether oxygens (including phenoxy) is 2. The third-order valence-electron chi connectivity index (χ3n) is 5.50. The summed E-state index contributed by atoms with van der Waals surface area (Å²) in [6, 6.07) is 3.40. The molecule has 0 radical (unpaired) electrons. The van der Waals surface area contributed by atoms with E-state index in [4.69, 9.17) is 15.2 Å². The molecule has 1 aromatic rings. The highest BCUT2D eigenvalue weighted by Gasteiger charge is 2.30. The molecular formula is C20H29N3O4. The molecule has 7 heteroatoms. The highest BCUT2D eigenvalue weighted by Crippen LogP contribution is 2.35. The molecule has 0 bridgehead atoms. The van der Waals surface area contributed by atoms with E-state index in [0.717, 1.165) is 45.2 Å². The van der Waals surface area contributed by atoms with Gasteiger partial charge in [0.25, 0.3) is 5.91 Å². The summed E-state index contributed by atoms with van der Waals surface area (Å²) < 4.78 is 10.7. The second-order valence-electron chi connectivity index (χ2n) is 7.36. The molecule has 148 valence electrons. The van der Waals surface area contributed by atoms with Gasteiger partial charge in [-0.05, 0) is 44.6 Å². The number of anilines is 1. The van der Waals surface area contributed by atoms with Crippen molar-refractivity contribution in [3.05, 3.63) is 17.7 Å². The lowest BCUT2D eigenvalue weighted by atomic mass is 10.0. The van der Waals surface area contributed by atoms with E-state index in [1.165, 1.54) is 14.2 Å². The first-order valence-corrected chi connectivity index (χ1v) is 9.65. The number of nitrogens with one attached hydrogen (secondary N) is 1. The normalized spacial score (nSPS) is 22.4. The van der Waals surface area contributed by atoms with Crippen LogP contribution in [0.25, 0.3) is 0 Å². The zero-order chi connectivity index (χ0) is 19.4. The Hall–Kier alpha value is -2.28. The van der Waals surface area contributed by atoms with Gasteiger partial charge in [0.2, 0.25) is 5.91 Å². The van der Waals surface area contributed by atoms with E-state index >= 15 is 0 Å². The van der Waals surface area contributed by atoms with Gasteiger partial charge < -0.3 is 25.4 Å². The fourth-order valence-electron chi connectivity index (χ4n) is 3.92. The van der Waals surface area contributed by atoms with Gasteiger partial charge in [0.15, 0.2) is 11.5 Å². The van der Waals surface area contributed by atoms with Crippen molar-refractivity contribution in [1.29, 1.82) is 0 Å². The number of carbonyl (C=O) groups is 2. The fraction of sp³-hybridized carbons (Fsp3) is 0.600. The smallest absolute Gasteiger partial charge is 0.256 e. The van der Waals surface area contributed by atoms with Crippen molar-refractivity contribution < 1.29 is 19.1 Å². The zero-order valence-corrected chi connectivity index (χ0v) is 16.1. The molecule has 1 aliphatic heterocycles. The lowest BCUT2D eigenvalue weighted by molar-refractivity contribution is -0.119. The van der Waals surface area contributed by atoms with Gasteiger partial charge in [-0.25, -0.2) is 0 Å². The molecule has 3 rings (SSSR count). The first kappa shape index (κ1) is 19.5. The van der Waals surface area contributed by atoms with Crippen LogP contribution in [0.4, 0.5) is 5.69 Å². The van der Waals surface area contributed by atoms with Crippen molar-refractivity contribution in [2.45, 2.75) is 44.6 Å². The number of methoxy groups -OCH3 is 2. The summed E-state index contributed by atoms with van der Waals surface area (Å²) in [5.41, 5.74) is 6.84. The first-order chi connectivity index (χ1) is 13.0. The lowest BCUT2D eigenvalue weighted by Crippen LogP contribution is -2.36. The van der Waals surface area contributed by atoms with Crippen molar-refractivity contribution in [3.8, 4) is 11.5 Å². The SMILES string of the molecule is COc1cc(NC(=O)C2CCC(N)C2)c(C(=O)N2CCCCC2)cc1OC. The molecule has 2 fully saturated rings. The van der Waals surface area contributed by atoms with Gasteiger partial charge in [0, 0.05) is 31.1 Å². The molecule has 0 spiro atoms. The Kier molecular flexibility index (Phi) is 6.21. The molecule has 1 aliphatic carbocycles. The maximum absolute atomic E-state index is 13.1. The van der Waals surface area contributed by atoms with E-state index < -0.39 is 0 Å². The Balaban J connectivity index is 1.89. The molecule has 3 N–H and O–H groups in total. The topological polar surface area (TPSA) is 93.9 Å². The molecule has 0 aromatic heterocycles. The molecule has 7 nitrogen and oxygen atoms in total. The highest BCUT2D eigenvalue weighted by atomic mass is 16.5. The van der Waals surface area contributed by atoms with Crippen molar-refractivity contribution in [3.63, 3.8) is 0 Å². The molecule has 27 heavy (non-hydrogen) atoms. The molecule has 2 atom stereocenters. The van der Waals surface area contributed by atoms with Crippen LogP contribution >= 0.6 is 0 Å². The predicted molar refractivity (Wildman–Crippen MR) is 103 cm³/mol. The summed E-state index contributed by atoms with van der Waals surface area (Å²) in [5.74, 6) is 0.646. The van der Waals surface area contributed by atoms with Crippen LogP contribution in [-0.4, -0.2) is 50.1 Å². The van der Waals surface area contributed by atoms with Crippen LogP contribution in [0.5, 0.6) is 11.5 Å². The molecule has 1 saturated heterocycles. The van der Waals surface area contributed by atoms with Gasteiger partial charge in [0.05, 0.1) is 25.5 Å². The van der Waals surface area contributed by atoms with E-state index in [9.17, 15) is 9.59 Å². The number of likely N-dealkylation sites (tertiary alicyclic amines) is 1. The number of piperidine rings is 1. The maximum Gasteiger partial charge on any atom is 0.256 e. The fourth-order valence-corrected chi connectivity index (χ4v) is 3.92. The van der Waals surface area contributed by atoms with Crippen LogP contribution in [0.1, 0.15) is 48.9 Å². The van der Waals surface area contributed by atoms with Crippen LogP contribution in [0.15, 0.2) is 12.1 Å². The Bertz CT molecular complexity index is 701. The third kappa shape index (κ3) is 4.35. The second-order valence-corrected chi connectivity index (χ2v) is 7.36. The van der Waals surface area contributed by atoms with Crippen molar-refractivity contribution >= 4 is 17.5 Å². The molecule has 1 aromatic carbocycles. The zero-order valence-electron chi connectivity index (χ0n) is 16.1. The maximum atomic E-state index is 13.1. The summed E-state index contributed by atoms with van der Waals surface area (Å²) in [7, 11) is 3.07. The molecule has 1 saturated carbocycles. The second kappa shape index (κ2) is 8.61. The van der Waals surface area contributed by atoms with Crippen LogP contribution < -0.4 is 20.5 Å². The standard InChI is InChI=1S/C20H29N3O4/c1-26-17-11-15(20(25)23-8-4-3-5-9-23)16(12-18(17)27-2)22-19(24)13-6-7-14(21)10-13/h11-14H,3-10,21H2,1-2H3,(H,22,24). The minimum absolute atomic E-state index is 0.0700.